The molecule has 3 aliphatic rings. The van der Waals surface area contributed by atoms with Crippen molar-refractivity contribution in [3.8, 4) is 0 Å². The Labute approximate surface area is 238 Å². The molecular weight excluding hydrogens is 560 g/mol. The maximum absolute atomic E-state index is 13.6. The number of rotatable bonds is 9. The van der Waals surface area contributed by atoms with Crippen molar-refractivity contribution in [2.75, 3.05) is 45.9 Å². The molecule has 0 radical (unpaired) electrons. The SMILES string of the molecule is C[C@@H](C(=O)N1CCOC(CN2CCCC2)C1)N1CC[C@H](N(OC=O)S(=O)(=O)c2ccc3cc(Cl)ccc3c2)C1=O. The van der Waals surface area contributed by atoms with E-state index in [0.29, 0.717) is 34.6 Å². The van der Waals surface area contributed by atoms with Crippen LogP contribution in [0.15, 0.2) is 41.3 Å². The molecule has 0 spiro atoms. The maximum Gasteiger partial charge on any atom is 0.314 e. The van der Waals surface area contributed by atoms with E-state index in [0.717, 1.165) is 25.0 Å². The molecule has 11 nitrogen and oxygen atoms in total. The minimum absolute atomic E-state index is 0.0167. The van der Waals surface area contributed by atoms with E-state index in [9.17, 15) is 22.8 Å². The van der Waals surface area contributed by atoms with Crippen LogP contribution in [0.1, 0.15) is 26.2 Å². The molecule has 13 heteroatoms. The molecular formula is C27H33ClN4O7S. The van der Waals surface area contributed by atoms with Crippen molar-refractivity contribution >= 4 is 50.7 Å². The summed E-state index contributed by atoms with van der Waals surface area (Å²) in [5, 5.41) is 1.85. The lowest BCUT2D eigenvalue weighted by Crippen LogP contribution is -2.55. The summed E-state index contributed by atoms with van der Waals surface area (Å²) in [5.74, 6) is -0.816. The van der Waals surface area contributed by atoms with Gasteiger partial charge in [0, 0.05) is 31.2 Å². The van der Waals surface area contributed by atoms with Crippen LogP contribution < -0.4 is 0 Å². The van der Waals surface area contributed by atoms with Gasteiger partial charge in [-0.3, -0.25) is 14.4 Å². The molecule has 3 saturated heterocycles. The predicted octanol–water partition coefficient (Wildman–Crippen LogP) is 1.88. The fraction of sp³-hybridized carbons (Fsp3) is 0.519. The Morgan fingerprint density at radius 2 is 1.88 bits per heavy atom. The number of ether oxygens (including phenoxy) is 1. The fourth-order valence-electron chi connectivity index (χ4n) is 5.75. The number of hydrogen-bond donors (Lipinski definition) is 0. The van der Waals surface area contributed by atoms with Gasteiger partial charge in [-0.15, -0.1) is 0 Å². The van der Waals surface area contributed by atoms with Crippen LogP contribution in [-0.4, -0.2) is 110 Å². The molecule has 216 valence electrons. The number of fused-ring (bicyclic) bond motifs is 1. The van der Waals surface area contributed by atoms with Gasteiger partial charge in [0.05, 0.1) is 17.6 Å². The Kier molecular flexibility index (Phi) is 8.62. The quantitative estimate of drug-likeness (QED) is 0.320. The van der Waals surface area contributed by atoms with Gasteiger partial charge in [-0.25, -0.2) is 8.42 Å². The number of sulfonamides is 1. The molecule has 2 aromatic rings. The summed E-state index contributed by atoms with van der Waals surface area (Å²) in [6, 6.07) is 7.31. The lowest BCUT2D eigenvalue weighted by Gasteiger charge is -2.37. The molecule has 3 heterocycles. The van der Waals surface area contributed by atoms with Gasteiger partial charge in [0.15, 0.2) is 0 Å². The van der Waals surface area contributed by atoms with Crippen molar-refractivity contribution in [3.05, 3.63) is 41.4 Å². The molecule has 3 aliphatic heterocycles. The molecule has 3 fully saturated rings. The molecule has 0 aliphatic carbocycles. The van der Waals surface area contributed by atoms with Gasteiger partial charge in [0.1, 0.15) is 12.1 Å². The first-order valence-electron chi connectivity index (χ1n) is 13.5. The maximum atomic E-state index is 13.6. The number of amides is 2. The standard InChI is InChI=1S/C27H33ClN4O7S/c1-19(26(34)30-12-13-38-23(17-30)16-29-9-2-3-10-29)31-11-8-25(27(31)35)32(39-18-33)40(36,37)24-7-5-20-14-22(28)6-4-21(20)15-24/h4-7,14-15,18-19,23,25H,2-3,8-13,16-17H2,1H3/t19-,23?,25-/m0/s1. The minimum atomic E-state index is -4.41. The molecule has 0 aromatic heterocycles. The normalized spacial score (nSPS) is 23.2. The van der Waals surface area contributed by atoms with Crippen LogP contribution in [0, 0.1) is 0 Å². The minimum Gasteiger partial charge on any atom is -0.373 e. The van der Waals surface area contributed by atoms with Crippen molar-refractivity contribution in [1.82, 2.24) is 19.2 Å². The van der Waals surface area contributed by atoms with Crippen LogP contribution in [0.5, 0.6) is 0 Å². The molecule has 0 bridgehead atoms. The highest BCUT2D eigenvalue weighted by Crippen LogP contribution is 2.29. The first-order valence-corrected chi connectivity index (χ1v) is 15.3. The van der Waals surface area contributed by atoms with E-state index in [4.69, 9.17) is 21.2 Å². The number of nitrogens with zero attached hydrogens (tertiary/aromatic N) is 4. The van der Waals surface area contributed by atoms with Crippen LogP contribution in [0.4, 0.5) is 0 Å². The largest absolute Gasteiger partial charge is 0.373 e. The average molecular weight is 593 g/mol. The number of halogens is 1. The second-order valence-electron chi connectivity index (χ2n) is 10.4. The van der Waals surface area contributed by atoms with Crippen molar-refractivity contribution in [3.63, 3.8) is 0 Å². The summed E-state index contributed by atoms with van der Waals surface area (Å²) in [6.07, 6.45) is 2.31. The zero-order valence-electron chi connectivity index (χ0n) is 22.3. The monoisotopic (exact) mass is 592 g/mol. The number of hydroxylamine groups is 1. The van der Waals surface area contributed by atoms with Crippen molar-refractivity contribution < 1.29 is 32.4 Å². The Hall–Kier alpha value is -2.77. The van der Waals surface area contributed by atoms with Crippen molar-refractivity contribution in [1.29, 1.82) is 0 Å². The number of carbonyl (C=O) groups excluding carboxylic acids is 3. The Morgan fingerprint density at radius 1 is 1.15 bits per heavy atom. The van der Waals surface area contributed by atoms with Crippen molar-refractivity contribution in [2.45, 2.75) is 49.3 Å². The van der Waals surface area contributed by atoms with Crippen LogP contribution in [0.25, 0.3) is 10.8 Å². The van der Waals surface area contributed by atoms with Crippen LogP contribution >= 0.6 is 11.6 Å². The molecule has 5 rings (SSSR count). The zero-order valence-corrected chi connectivity index (χ0v) is 23.8. The Balaban J connectivity index is 1.29. The summed E-state index contributed by atoms with van der Waals surface area (Å²) in [6.45, 7) is 5.87. The summed E-state index contributed by atoms with van der Waals surface area (Å²) in [4.78, 5) is 48.4. The van der Waals surface area contributed by atoms with E-state index in [1.807, 2.05) is 0 Å². The van der Waals surface area contributed by atoms with Crippen LogP contribution in [0.2, 0.25) is 5.02 Å². The molecule has 3 atom stereocenters. The summed E-state index contributed by atoms with van der Waals surface area (Å²) >= 11 is 6.03. The van der Waals surface area contributed by atoms with E-state index in [-0.39, 0.29) is 36.3 Å². The molecule has 2 amide bonds. The van der Waals surface area contributed by atoms with Gasteiger partial charge < -0.3 is 24.3 Å². The van der Waals surface area contributed by atoms with Crippen LogP contribution in [0.3, 0.4) is 0 Å². The number of likely N-dealkylation sites (tertiary alicyclic amines) is 2. The van der Waals surface area contributed by atoms with Gasteiger partial charge in [0.2, 0.25) is 11.8 Å². The summed E-state index contributed by atoms with van der Waals surface area (Å²) in [5.41, 5.74) is 0. The number of benzene rings is 2. The van der Waals surface area contributed by atoms with Gasteiger partial charge >= 0.3 is 6.47 Å². The fourth-order valence-corrected chi connectivity index (χ4v) is 7.33. The second kappa shape index (κ2) is 12.0. The van der Waals surface area contributed by atoms with E-state index in [1.54, 1.807) is 36.1 Å². The van der Waals surface area contributed by atoms with Crippen LogP contribution in [-0.2, 0) is 34.0 Å². The second-order valence-corrected chi connectivity index (χ2v) is 12.6. The number of carbonyl (C=O) groups is 3. The topological polar surface area (TPSA) is 117 Å². The third-order valence-electron chi connectivity index (χ3n) is 7.86. The molecule has 0 saturated carbocycles. The lowest BCUT2D eigenvalue weighted by molar-refractivity contribution is -0.164. The molecule has 1 unspecified atom stereocenters. The Bertz CT molecular complexity index is 1380. The number of hydrogen-bond acceptors (Lipinski definition) is 8. The third kappa shape index (κ3) is 5.82. The highest BCUT2D eigenvalue weighted by Gasteiger charge is 2.47. The predicted molar refractivity (Wildman–Crippen MR) is 147 cm³/mol. The Morgan fingerprint density at radius 3 is 2.62 bits per heavy atom. The molecule has 40 heavy (non-hydrogen) atoms. The lowest BCUT2D eigenvalue weighted by atomic mass is 10.1. The van der Waals surface area contributed by atoms with E-state index in [2.05, 4.69) is 4.90 Å². The first kappa shape index (κ1) is 28.7. The average Bonchev–Trinajstić information content (AvgIpc) is 3.60. The summed E-state index contributed by atoms with van der Waals surface area (Å²) in [7, 11) is -4.41. The third-order valence-corrected chi connectivity index (χ3v) is 9.76. The molecule has 0 N–H and O–H groups in total. The van der Waals surface area contributed by atoms with E-state index >= 15 is 0 Å². The van der Waals surface area contributed by atoms with E-state index in [1.165, 1.54) is 29.9 Å². The van der Waals surface area contributed by atoms with Gasteiger partial charge in [-0.1, -0.05) is 23.7 Å². The smallest absolute Gasteiger partial charge is 0.314 e. The zero-order chi connectivity index (χ0) is 28.4. The summed E-state index contributed by atoms with van der Waals surface area (Å²) < 4.78 is 33.5. The van der Waals surface area contributed by atoms with Crippen molar-refractivity contribution in [2.24, 2.45) is 0 Å². The van der Waals surface area contributed by atoms with Gasteiger partial charge in [-0.2, -0.15) is 0 Å². The van der Waals surface area contributed by atoms with Gasteiger partial charge in [-0.05, 0) is 78.8 Å². The highest BCUT2D eigenvalue weighted by molar-refractivity contribution is 7.89. The first-order chi connectivity index (χ1) is 19.2. The number of morpholine rings is 1. The highest BCUT2D eigenvalue weighted by atomic mass is 35.5. The van der Waals surface area contributed by atoms with E-state index < -0.39 is 28.0 Å². The molecule has 2 aromatic carbocycles. The van der Waals surface area contributed by atoms with Gasteiger partial charge in [0.25, 0.3) is 10.0 Å².